The van der Waals surface area contributed by atoms with Crippen molar-refractivity contribution < 1.29 is 4.79 Å². The van der Waals surface area contributed by atoms with Gasteiger partial charge >= 0.3 is 0 Å². The van der Waals surface area contributed by atoms with Gasteiger partial charge in [0.25, 0.3) is 5.91 Å². The molecule has 1 aliphatic heterocycles. The van der Waals surface area contributed by atoms with Crippen LogP contribution < -0.4 is 16.4 Å². The number of amides is 1. The molecule has 106 valence electrons. The van der Waals surface area contributed by atoms with Gasteiger partial charge in [0.2, 0.25) is 0 Å². The van der Waals surface area contributed by atoms with Crippen molar-refractivity contribution in [3.05, 3.63) is 34.9 Å². The number of fused-ring (bicyclic) bond motifs is 1. The van der Waals surface area contributed by atoms with Crippen LogP contribution in [0.3, 0.4) is 0 Å². The summed E-state index contributed by atoms with van der Waals surface area (Å²) < 4.78 is 0. The van der Waals surface area contributed by atoms with Gasteiger partial charge in [-0.3, -0.25) is 4.79 Å². The van der Waals surface area contributed by atoms with Gasteiger partial charge in [-0.2, -0.15) is 0 Å². The molecule has 4 N–H and O–H groups in total. The number of hydrogen-bond donors (Lipinski definition) is 3. The second kappa shape index (κ2) is 5.53. The number of guanidine groups is 1. The third-order valence-electron chi connectivity index (χ3n) is 3.99. The van der Waals surface area contributed by atoms with E-state index in [1.165, 1.54) is 19.3 Å². The second-order valence-corrected chi connectivity index (χ2v) is 5.47. The lowest BCUT2D eigenvalue weighted by atomic mass is 9.93. The fourth-order valence-corrected chi connectivity index (χ4v) is 2.54. The SMILES string of the molecule is NC(=NCc1ccc2c(c1)C(=O)NCC2)NC1CCC1. The van der Waals surface area contributed by atoms with Crippen LogP contribution in [0.1, 0.15) is 40.7 Å². The predicted molar refractivity (Wildman–Crippen MR) is 78.6 cm³/mol. The average Bonchev–Trinajstić information content (AvgIpc) is 2.41. The van der Waals surface area contributed by atoms with Crippen LogP contribution in [0.2, 0.25) is 0 Å². The highest BCUT2D eigenvalue weighted by Gasteiger charge is 2.18. The third kappa shape index (κ3) is 2.76. The summed E-state index contributed by atoms with van der Waals surface area (Å²) in [4.78, 5) is 16.1. The van der Waals surface area contributed by atoms with Crippen LogP contribution in [0.15, 0.2) is 23.2 Å². The van der Waals surface area contributed by atoms with Gasteiger partial charge in [0.05, 0.1) is 6.54 Å². The molecule has 0 saturated heterocycles. The minimum Gasteiger partial charge on any atom is -0.370 e. The number of carbonyl (C=O) groups is 1. The first kappa shape index (κ1) is 13.0. The van der Waals surface area contributed by atoms with Crippen LogP contribution in [-0.4, -0.2) is 24.5 Å². The standard InChI is InChI=1S/C15H20N4O/c16-15(19-12-2-1-3-12)18-9-10-4-5-11-6-7-17-14(20)13(11)8-10/h4-5,8,12H,1-3,6-7,9H2,(H,17,20)(H3,16,18,19). The minimum atomic E-state index is 0.0117. The van der Waals surface area contributed by atoms with Crippen LogP contribution >= 0.6 is 0 Å². The van der Waals surface area contributed by atoms with Gasteiger partial charge in [0.1, 0.15) is 0 Å². The second-order valence-electron chi connectivity index (χ2n) is 5.47. The van der Waals surface area contributed by atoms with E-state index in [9.17, 15) is 4.79 Å². The Morgan fingerprint density at radius 1 is 1.45 bits per heavy atom. The van der Waals surface area contributed by atoms with Crippen molar-refractivity contribution >= 4 is 11.9 Å². The van der Waals surface area contributed by atoms with E-state index in [0.717, 1.165) is 29.7 Å². The van der Waals surface area contributed by atoms with E-state index in [1.54, 1.807) is 0 Å². The molecule has 3 rings (SSSR count). The van der Waals surface area contributed by atoms with Crippen molar-refractivity contribution in [2.45, 2.75) is 38.3 Å². The Kier molecular flexibility index (Phi) is 3.58. The molecule has 5 nitrogen and oxygen atoms in total. The summed E-state index contributed by atoms with van der Waals surface area (Å²) in [5.74, 6) is 0.509. The van der Waals surface area contributed by atoms with E-state index < -0.39 is 0 Å². The highest BCUT2D eigenvalue weighted by molar-refractivity contribution is 5.96. The number of carbonyl (C=O) groups excluding carboxylic acids is 1. The van der Waals surface area contributed by atoms with E-state index in [0.29, 0.717) is 18.5 Å². The number of rotatable bonds is 3. The maximum Gasteiger partial charge on any atom is 0.251 e. The average molecular weight is 272 g/mol. The van der Waals surface area contributed by atoms with Gasteiger partial charge in [-0.15, -0.1) is 0 Å². The van der Waals surface area contributed by atoms with Crippen molar-refractivity contribution in [1.29, 1.82) is 0 Å². The summed E-state index contributed by atoms with van der Waals surface area (Å²) in [5.41, 5.74) is 8.76. The third-order valence-corrected chi connectivity index (χ3v) is 3.99. The van der Waals surface area contributed by atoms with Crippen molar-refractivity contribution in [2.75, 3.05) is 6.54 Å². The summed E-state index contributed by atoms with van der Waals surface area (Å²) in [7, 11) is 0. The van der Waals surface area contributed by atoms with Gasteiger partial charge in [0.15, 0.2) is 5.96 Å². The molecule has 2 aliphatic rings. The summed E-state index contributed by atoms with van der Waals surface area (Å²) in [5, 5.41) is 6.07. The normalized spacial score (nSPS) is 19.0. The molecule has 0 radical (unpaired) electrons. The molecule has 5 heteroatoms. The topological polar surface area (TPSA) is 79.5 Å². The molecule has 1 aromatic carbocycles. The maximum atomic E-state index is 11.8. The van der Waals surface area contributed by atoms with Crippen LogP contribution in [0.4, 0.5) is 0 Å². The Balaban J connectivity index is 1.66. The monoisotopic (exact) mass is 272 g/mol. The largest absolute Gasteiger partial charge is 0.370 e. The number of hydrogen-bond acceptors (Lipinski definition) is 2. The Morgan fingerprint density at radius 3 is 3.05 bits per heavy atom. The smallest absolute Gasteiger partial charge is 0.251 e. The van der Waals surface area contributed by atoms with E-state index in [-0.39, 0.29) is 5.91 Å². The lowest BCUT2D eigenvalue weighted by Crippen LogP contribution is -2.43. The molecule has 0 spiro atoms. The Bertz CT molecular complexity index is 549. The fourth-order valence-electron chi connectivity index (χ4n) is 2.54. The van der Waals surface area contributed by atoms with Gasteiger partial charge in [0, 0.05) is 18.2 Å². The van der Waals surface area contributed by atoms with E-state index >= 15 is 0 Å². The number of nitrogens with two attached hydrogens (primary N) is 1. The first-order valence-corrected chi connectivity index (χ1v) is 7.19. The number of nitrogens with zero attached hydrogens (tertiary/aromatic N) is 1. The maximum absolute atomic E-state index is 11.8. The van der Waals surface area contributed by atoms with Gasteiger partial charge in [-0.05, 0) is 42.9 Å². The Morgan fingerprint density at radius 2 is 2.30 bits per heavy atom. The van der Waals surface area contributed by atoms with E-state index in [4.69, 9.17) is 5.73 Å². The molecule has 1 amide bonds. The summed E-state index contributed by atoms with van der Waals surface area (Å²) in [6.07, 6.45) is 4.52. The molecule has 1 aromatic rings. The summed E-state index contributed by atoms with van der Waals surface area (Å²) >= 11 is 0. The quantitative estimate of drug-likeness (QED) is 0.565. The molecule has 0 atom stereocenters. The van der Waals surface area contributed by atoms with Crippen molar-refractivity contribution in [2.24, 2.45) is 10.7 Å². The van der Waals surface area contributed by atoms with Crippen molar-refractivity contribution in [1.82, 2.24) is 10.6 Å². The van der Waals surface area contributed by atoms with Crippen LogP contribution in [0.5, 0.6) is 0 Å². The highest BCUT2D eigenvalue weighted by Crippen LogP contribution is 2.18. The molecule has 0 unspecified atom stereocenters. The van der Waals surface area contributed by atoms with E-state index in [1.807, 2.05) is 18.2 Å². The first-order chi connectivity index (χ1) is 9.72. The molecule has 1 aliphatic carbocycles. The zero-order valence-electron chi connectivity index (χ0n) is 11.5. The molecule has 20 heavy (non-hydrogen) atoms. The molecule has 0 bridgehead atoms. The summed E-state index contributed by atoms with van der Waals surface area (Å²) in [6.45, 7) is 1.23. The van der Waals surface area contributed by atoms with Gasteiger partial charge < -0.3 is 16.4 Å². The van der Waals surface area contributed by atoms with Crippen LogP contribution in [0.25, 0.3) is 0 Å². The molecule has 0 aromatic heterocycles. The minimum absolute atomic E-state index is 0.0117. The molecule has 1 heterocycles. The van der Waals surface area contributed by atoms with E-state index in [2.05, 4.69) is 15.6 Å². The van der Waals surface area contributed by atoms with Crippen LogP contribution in [-0.2, 0) is 13.0 Å². The number of aliphatic imine (C=N–C) groups is 1. The fraction of sp³-hybridized carbons (Fsp3) is 0.467. The lowest BCUT2D eigenvalue weighted by Gasteiger charge is -2.26. The zero-order valence-corrected chi connectivity index (χ0v) is 11.5. The first-order valence-electron chi connectivity index (χ1n) is 7.19. The van der Waals surface area contributed by atoms with Gasteiger partial charge in [-0.1, -0.05) is 12.1 Å². The van der Waals surface area contributed by atoms with Crippen molar-refractivity contribution in [3.8, 4) is 0 Å². The molecule has 1 saturated carbocycles. The zero-order chi connectivity index (χ0) is 13.9. The molecular formula is C15H20N4O. The number of nitrogens with one attached hydrogen (secondary N) is 2. The lowest BCUT2D eigenvalue weighted by molar-refractivity contribution is 0.0946. The Labute approximate surface area is 118 Å². The predicted octanol–water partition coefficient (Wildman–Crippen LogP) is 0.929. The highest BCUT2D eigenvalue weighted by atomic mass is 16.1. The number of benzene rings is 1. The van der Waals surface area contributed by atoms with Gasteiger partial charge in [-0.25, -0.2) is 4.99 Å². The Hall–Kier alpha value is -2.04. The summed E-state index contributed by atoms with van der Waals surface area (Å²) in [6, 6.07) is 6.46. The molecular weight excluding hydrogens is 252 g/mol. The van der Waals surface area contributed by atoms with Crippen molar-refractivity contribution in [3.63, 3.8) is 0 Å². The van der Waals surface area contributed by atoms with Crippen LogP contribution in [0, 0.1) is 0 Å². The molecule has 1 fully saturated rings.